The maximum atomic E-state index is 12.0. The molecule has 4 nitrogen and oxygen atoms in total. The normalized spacial score (nSPS) is 18.0. The highest BCUT2D eigenvalue weighted by molar-refractivity contribution is 6.30. The lowest BCUT2D eigenvalue weighted by atomic mass is 9.97. The third-order valence-electron chi connectivity index (χ3n) is 5.87. The van der Waals surface area contributed by atoms with Crippen molar-refractivity contribution in [3.05, 3.63) is 52.8 Å². The predicted molar refractivity (Wildman–Crippen MR) is 111 cm³/mol. The summed E-state index contributed by atoms with van der Waals surface area (Å²) in [6.07, 6.45) is 7.27. The molecule has 0 unspecified atom stereocenters. The Morgan fingerprint density at radius 2 is 1.78 bits per heavy atom. The van der Waals surface area contributed by atoms with Crippen LogP contribution in [0.25, 0.3) is 0 Å². The molecule has 1 aliphatic carbocycles. The van der Waals surface area contributed by atoms with Gasteiger partial charge >= 0.3 is 0 Å². The van der Waals surface area contributed by atoms with Crippen LogP contribution in [0.15, 0.2) is 36.5 Å². The van der Waals surface area contributed by atoms with Crippen molar-refractivity contribution in [3.8, 4) is 0 Å². The van der Waals surface area contributed by atoms with Crippen LogP contribution in [0.1, 0.15) is 41.7 Å². The van der Waals surface area contributed by atoms with Crippen LogP contribution >= 0.6 is 11.6 Å². The SMILES string of the molecule is O=C1CCCc2c1ccn2CCCCN1CCN(c2cccc(Cl)c2)CC1. The van der Waals surface area contributed by atoms with E-state index in [1.165, 1.54) is 24.2 Å². The van der Waals surface area contributed by atoms with Crippen molar-refractivity contribution >= 4 is 23.1 Å². The molecule has 0 radical (unpaired) electrons. The number of aromatic nitrogens is 1. The average molecular weight is 386 g/mol. The fourth-order valence-electron chi connectivity index (χ4n) is 4.32. The zero-order valence-electron chi connectivity index (χ0n) is 15.9. The molecule has 0 saturated carbocycles. The number of benzene rings is 1. The Morgan fingerprint density at radius 1 is 0.963 bits per heavy atom. The number of Topliss-reactive ketones (excluding diaryl/α,β-unsaturated/α-hetero) is 1. The smallest absolute Gasteiger partial charge is 0.164 e. The second-order valence-electron chi connectivity index (χ2n) is 7.66. The van der Waals surface area contributed by atoms with E-state index in [-0.39, 0.29) is 0 Å². The van der Waals surface area contributed by atoms with Gasteiger partial charge in [-0.3, -0.25) is 9.69 Å². The molecular weight excluding hydrogens is 358 g/mol. The zero-order chi connectivity index (χ0) is 18.6. The number of piperazine rings is 1. The number of halogens is 1. The molecule has 0 atom stereocenters. The van der Waals surface area contributed by atoms with Crippen LogP contribution in [0, 0.1) is 0 Å². The number of carbonyl (C=O) groups excluding carboxylic acids is 1. The van der Waals surface area contributed by atoms with Gasteiger partial charge in [0, 0.05) is 67.3 Å². The highest BCUT2D eigenvalue weighted by Crippen LogP contribution is 2.23. The first-order valence-electron chi connectivity index (χ1n) is 10.1. The van der Waals surface area contributed by atoms with E-state index in [0.29, 0.717) is 5.78 Å². The molecule has 1 fully saturated rings. The summed E-state index contributed by atoms with van der Waals surface area (Å²) in [6, 6.07) is 10.2. The summed E-state index contributed by atoms with van der Waals surface area (Å²) in [7, 11) is 0. The van der Waals surface area contributed by atoms with Crippen LogP contribution in [-0.2, 0) is 13.0 Å². The summed E-state index contributed by atoms with van der Waals surface area (Å²) < 4.78 is 2.31. The van der Waals surface area contributed by atoms with Gasteiger partial charge in [0.05, 0.1) is 0 Å². The van der Waals surface area contributed by atoms with Crippen LogP contribution in [0.3, 0.4) is 0 Å². The number of rotatable bonds is 6. The number of anilines is 1. The Hall–Kier alpha value is -1.78. The average Bonchev–Trinajstić information content (AvgIpc) is 3.10. The van der Waals surface area contributed by atoms with Crippen molar-refractivity contribution in [2.75, 3.05) is 37.6 Å². The molecule has 1 saturated heterocycles. The molecule has 5 heteroatoms. The first-order valence-corrected chi connectivity index (χ1v) is 10.5. The van der Waals surface area contributed by atoms with E-state index in [9.17, 15) is 4.79 Å². The van der Waals surface area contributed by atoms with Gasteiger partial charge in [0.25, 0.3) is 0 Å². The van der Waals surface area contributed by atoms with E-state index < -0.39 is 0 Å². The van der Waals surface area contributed by atoms with Gasteiger partial charge in [0.2, 0.25) is 0 Å². The van der Waals surface area contributed by atoms with Crippen molar-refractivity contribution in [1.82, 2.24) is 9.47 Å². The summed E-state index contributed by atoms with van der Waals surface area (Å²) in [4.78, 5) is 16.9. The third-order valence-corrected chi connectivity index (χ3v) is 6.10. The maximum Gasteiger partial charge on any atom is 0.164 e. The minimum absolute atomic E-state index is 0.326. The van der Waals surface area contributed by atoms with Crippen molar-refractivity contribution < 1.29 is 4.79 Å². The lowest BCUT2D eigenvalue weighted by molar-refractivity contribution is 0.0971. The Bertz CT molecular complexity index is 793. The van der Waals surface area contributed by atoms with E-state index in [2.05, 4.69) is 32.7 Å². The molecule has 0 bridgehead atoms. The van der Waals surface area contributed by atoms with Gasteiger partial charge in [-0.05, 0) is 56.5 Å². The molecule has 1 aromatic heterocycles. The number of nitrogens with zero attached hydrogens (tertiary/aromatic N) is 3. The van der Waals surface area contributed by atoms with Gasteiger partial charge in [0.1, 0.15) is 0 Å². The van der Waals surface area contributed by atoms with E-state index in [4.69, 9.17) is 11.6 Å². The number of aryl methyl sites for hydroxylation is 1. The minimum Gasteiger partial charge on any atom is -0.369 e. The molecule has 1 aromatic carbocycles. The monoisotopic (exact) mass is 385 g/mol. The summed E-state index contributed by atoms with van der Waals surface area (Å²) in [5, 5.41) is 0.809. The van der Waals surface area contributed by atoms with Gasteiger partial charge in [-0.2, -0.15) is 0 Å². The van der Waals surface area contributed by atoms with Gasteiger partial charge in [0.15, 0.2) is 5.78 Å². The first-order chi connectivity index (χ1) is 13.2. The largest absolute Gasteiger partial charge is 0.369 e. The molecule has 0 spiro atoms. The summed E-state index contributed by atoms with van der Waals surface area (Å²) >= 11 is 6.11. The van der Waals surface area contributed by atoms with E-state index in [1.807, 2.05) is 18.2 Å². The van der Waals surface area contributed by atoms with Crippen molar-refractivity contribution in [2.45, 2.75) is 38.6 Å². The fraction of sp³-hybridized carbons (Fsp3) is 0.500. The maximum absolute atomic E-state index is 12.0. The van der Waals surface area contributed by atoms with E-state index in [1.54, 1.807) is 0 Å². The predicted octanol–water partition coefficient (Wildman–Crippen LogP) is 4.26. The molecular formula is C22H28ClN3O. The van der Waals surface area contributed by atoms with Crippen LogP contribution in [0.4, 0.5) is 5.69 Å². The Morgan fingerprint density at radius 3 is 2.59 bits per heavy atom. The standard InChI is InChI=1S/C22H28ClN3O/c23-18-5-3-6-19(17-18)25-15-13-24(14-16-25)10-1-2-11-26-12-9-20-21(26)7-4-8-22(20)27/h3,5-6,9,12,17H,1-2,4,7-8,10-11,13-16H2. The van der Waals surface area contributed by atoms with Crippen molar-refractivity contribution in [3.63, 3.8) is 0 Å². The second kappa shape index (κ2) is 8.49. The molecule has 0 amide bonds. The van der Waals surface area contributed by atoms with Gasteiger partial charge in [-0.15, -0.1) is 0 Å². The molecule has 144 valence electrons. The van der Waals surface area contributed by atoms with E-state index in [0.717, 1.165) is 69.1 Å². The summed E-state index contributed by atoms with van der Waals surface area (Å²) in [5.74, 6) is 0.326. The third kappa shape index (κ3) is 4.39. The number of unbranched alkanes of at least 4 members (excludes halogenated alkanes) is 1. The van der Waals surface area contributed by atoms with Crippen molar-refractivity contribution in [2.24, 2.45) is 0 Å². The lowest BCUT2D eigenvalue weighted by Crippen LogP contribution is -2.46. The number of fused-ring (bicyclic) bond motifs is 1. The number of hydrogen-bond donors (Lipinski definition) is 0. The molecule has 1 aliphatic heterocycles. The van der Waals surface area contributed by atoms with Crippen LogP contribution in [0.5, 0.6) is 0 Å². The number of carbonyl (C=O) groups is 1. The molecule has 2 aromatic rings. The van der Waals surface area contributed by atoms with E-state index >= 15 is 0 Å². The van der Waals surface area contributed by atoms with Crippen LogP contribution < -0.4 is 4.90 Å². The molecule has 4 rings (SSSR count). The first kappa shape index (κ1) is 18.6. The highest BCUT2D eigenvalue weighted by Gasteiger charge is 2.20. The molecule has 2 aliphatic rings. The Kier molecular flexibility index (Phi) is 5.84. The zero-order valence-corrected chi connectivity index (χ0v) is 16.6. The number of hydrogen-bond acceptors (Lipinski definition) is 3. The lowest BCUT2D eigenvalue weighted by Gasteiger charge is -2.36. The van der Waals surface area contributed by atoms with Crippen LogP contribution in [0.2, 0.25) is 5.02 Å². The van der Waals surface area contributed by atoms with Crippen LogP contribution in [-0.4, -0.2) is 48.0 Å². The fourth-order valence-corrected chi connectivity index (χ4v) is 4.50. The second-order valence-corrected chi connectivity index (χ2v) is 8.10. The van der Waals surface area contributed by atoms with Crippen molar-refractivity contribution in [1.29, 1.82) is 0 Å². The topological polar surface area (TPSA) is 28.5 Å². The number of ketones is 1. The van der Waals surface area contributed by atoms with Gasteiger partial charge < -0.3 is 9.47 Å². The minimum atomic E-state index is 0.326. The van der Waals surface area contributed by atoms with Gasteiger partial charge in [-0.1, -0.05) is 17.7 Å². The highest BCUT2D eigenvalue weighted by atomic mass is 35.5. The quantitative estimate of drug-likeness (QED) is 0.695. The Balaban J connectivity index is 1.19. The Labute approximate surface area is 166 Å². The molecule has 2 heterocycles. The summed E-state index contributed by atoms with van der Waals surface area (Å²) in [6.45, 7) is 6.54. The summed E-state index contributed by atoms with van der Waals surface area (Å²) in [5.41, 5.74) is 3.47. The van der Waals surface area contributed by atoms with Gasteiger partial charge in [-0.25, -0.2) is 0 Å². The molecule has 0 N–H and O–H groups in total. The molecule has 27 heavy (non-hydrogen) atoms.